The summed E-state index contributed by atoms with van der Waals surface area (Å²) in [5, 5.41) is 0. The highest BCUT2D eigenvalue weighted by Gasteiger charge is 2.26. The summed E-state index contributed by atoms with van der Waals surface area (Å²) >= 11 is 0. The number of allylic oxidation sites excluding steroid dienone is 6. The molecular formula is C14H12O2. The lowest BCUT2D eigenvalue weighted by atomic mass is 9.79. The maximum atomic E-state index is 11.5. The number of ketones is 2. The van der Waals surface area contributed by atoms with Crippen LogP contribution in [0.15, 0.2) is 61.1 Å². The first kappa shape index (κ1) is 11.9. The Morgan fingerprint density at radius 3 is 2.44 bits per heavy atom. The average molecular weight is 212 g/mol. The van der Waals surface area contributed by atoms with Gasteiger partial charge < -0.3 is 0 Å². The summed E-state index contributed by atoms with van der Waals surface area (Å²) in [5.74, 6) is -0.190. The van der Waals surface area contributed by atoms with Gasteiger partial charge in [-0.2, -0.15) is 0 Å². The van der Waals surface area contributed by atoms with Crippen LogP contribution in [0.5, 0.6) is 0 Å². The van der Waals surface area contributed by atoms with Gasteiger partial charge in [0.25, 0.3) is 0 Å². The number of hydrogen-bond acceptors (Lipinski definition) is 2. The molecule has 0 atom stereocenters. The van der Waals surface area contributed by atoms with Crippen LogP contribution in [-0.4, -0.2) is 11.6 Å². The summed E-state index contributed by atoms with van der Waals surface area (Å²) in [6.45, 7) is 6.83. The minimum Gasteiger partial charge on any atom is -0.294 e. The van der Waals surface area contributed by atoms with Gasteiger partial charge in [0.2, 0.25) is 0 Å². The Labute approximate surface area is 94.7 Å². The Hall–Kier alpha value is -2.14. The van der Waals surface area contributed by atoms with Crippen LogP contribution < -0.4 is 0 Å². The van der Waals surface area contributed by atoms with E-state index < -0.39 is 5.41 Å². The molecule has 2 heteroatoms. The molecule has 0 heterocycles. The Morgan fingerprint density at radius 1 is 1.31 bits per heavy atom. The molecule has 0 amide bonds. The average Bonchev–Trinajstić information content (AvgIpc) is 2.23. The lowest BCUT2D eigenvalue weighted by molar-refractivity contribution is -0.115. The van der Waals surface area contributed by atoms with E-state index >= 15 is 0 Å². The summed E-state index contributed by atoms with van der Waals surface area (Å²) < 4.78 is 0. The zero-order valence-electron chi connectivity index (χ0n) is 8.90. The fourth-order valence-electron chi connectivity index (χ4n) is 1.51. The molecule has 1 aliphatic rings. The van der Waals surface area contributed by atoms with Crippen LogP contribution in [0.4, 0.5) is 0 Å². The van der Waals surface area contributed by atoms with Crippen molar-refractivity contribution >= 4 is 11.6 Å². The van der Waals surface area contributed by atoms with Crippen molar-refractivity contribution in [1.29, 1.82) is 0 Å². The number of carbonyl (C=O) groups is 2. The van der Waals surface area contributed by atoms with Gasteiger partial charge in [-0.3, -0.25) is 9.59 Å². The van der Waals surface area contributed by atoms with E-state index in [1.54, 1.807) is 18.2 Å². The highest BCUT2D eigenvalue weighted by Crippen LogP contribution is 2.30. The van der Waals surface area contributed by atoms with Crippen molar-refractivity contribution in [2.24, 2.45) is 5.41 Å². The van der Waals surface area contributed by atoms with Crippen molar-refractivity contribution in [2.75, 3.05) is 0 Å². The van der Waals surface area contributed by atoms with Gasteiger partial charge in [0.05, 0.1) is 0 Å². The van der Waals surface area contributed by atoms with E-state index in [9.17, 15) is 9.59 Å². The minimum absolute atomic E-state index is 0.0835. The van der Waals surface area contributed by atoms with Crippen molar-refractivity contribution < 1.29 is 9.59 Å². The molecule has 0 aromatic rings. The summed E-state index contributed by atoms with van der Waals surface area (Å²) in [6, 6.07) is 0. The van der Waals surface area contributed by atoms with E-state index in [0.29, 0.717) is 0 Å². The lowest BCUT2D eigenvalue weighted by Crippen LogP contribution is -2.19. The van der Waals surface area contributed by atoms with Gasteiger partial charge in [-0.25, -0.2) is 0 Å². The van der Waals surface area contributed by atoms with Crippen LogP contribution in [-0.2, 0) is 9.59 Å². The molecule has 0 saturated carbocycles. The zero-order valence-corrected chi connectivity index (χ0v) is 8.90. The van der Waals surface area contributed by atoms with E-state index in [4.69, 9.17) is 0 Å². The Kier molecular flexibility index (Phi) is 3.79. The normalized spacial score (nSPS) is 16.1. The molecule has 0 bridgehead atoms. The van der Waals surface area contributed by atoms with Gasteiger partial charge in [0.1, 0.15) is 0 Å². The summed E-state index contributed by atoms with van der Waals surface area (Å²) in [7, 11) is 0. The van der Waals surface area contributed by atoms with E-state index in [1.165, 1.54) is 18.2 Å². The monoisotopic (exact) mass is 212 g/mol. The lowest BCUT2D eigenvalue weighted by Gasteiger charge is -2.22. The van der Waals surface area contributed by atoms with Crippen molar-refractivity contribution in [3.05, 3.63) is 61.1 Å². The van der Waals surface area contributed by atoms with Gasteiger partial charge in [-0.05, 0) is 18.2 Å². The maximum absolute atomic E-state index is 11.5. The number of hydrogen-bond donors (Lipinski definition) is 0. The number of rotatable bonds is 4. The van der Waals surface area contributed by atoms with Gasteiger partial charge >= 0.3 is 0 Å². The Morgan fingerprint density at radius 2 is 1.94 bits per heavy atom. The van der Waals surface area contributed by atoms with E-state index in [2.05, 4.69) is 24.6 Å². The fraction of sp³-hybridized carbons (Fsp3) is 0.143. The van der Waals surface area contributed by atoms with Gasteiger partial charge in [0.15, 0.2) is 11.6 Å². The predicted octanol–water partition coefficient (Wildman–Crippen LogP) is 2.31. The summed E-state index contributed by atoms with van der Waals surface area (Å²) in [4.78, 5) is 22.5. The van der Waals surface area contributed by atoms with E-state index in [-0.39, 0.29) is 18.0 Å². The standard InChI is InChI=1S/C14H12O2/c1-3-5-13(16)11-14(8-4-2)9-6-12(15)7-10-14/h5-10H,1-2,11H2. The van der Waals surface area contributed by atoms with Crippen LogP contribution in [0.25, 0.3) is 0 Å². The third-order valence-corrected chi connectivity index (χ3v) is 2.23. The van der Waals surface area contributed by atoms with Gasteiger partial charge in [-0.1, -0.05) is 25.3 Å². The van der Waals surface area contributed by atoms with Crippen LogP contribution in [0, 0.1) is 5.41 Å². The molecule has 1 rings (SSSR count). The Bertz CT molecular complexity index is 449. The first-order valence-corrected chi connectivity index (χ1v) is 4.80. The molecule has 1 aliphatic carbocycles. The third kappa shape index (κ3) is 2.93. The largest absolute Gasteiger partial charge is 0.294 e. The van der Waals surface area contributed by atoms with Gasteiger partial charge in [-0.15, -0.1) is 11.5 Å². The second kappa shape index (κ2) is 5.09. The molecule has 0 N–H and O–H groups in total. The third-order valence-electron chi connectivity index (χ3n) is 2.23. The topological polar surface area (TPSA) is 34.1 Å². The second-order valence-electron chi connectivity index (χ2n) is 3.52. The number of carbonyl (C=O) groups excluding carboxylic acids is 2. The SMILES string of the molecule is C=C=CC(=O)CC1(C=C=C)C=CC(=O)C=C1. The molecule has 0 radical (unpaired) electrons. The van der Waals surface area contributed by atoms with Crippen molar-refractivity contribution in [3.63, 3.8) is 0 Å². The quantitative estimate of drug-likeness (QED) is 0.529. The molecule has 0 aromatic carbocycles. The molecule has 2 nitrogen and oxygen atoms in total. The highest BCUT2D eigenvalue weighted by molar-refractivity contribution is 6.01. The zero-order chi connectivity index (χ0) is 12.0. The fourth-order valence-corrected chi connectivity index (χ4v) is 1.51. The van der Waals surface area contributed by atoms with Crippen molar-refractivity contribution in [2.45, 2.75) is 6.42 Å². The molecule has 0 unspecified atom stereocenters. The van der Waals surface area contributed by atoms with Gasteiger partial charge in [0, 0.05) is 17.9 Å². The van der Waals surface area contributed by atoms with Crippen molar-refractivity contribution in [3.8, 4) is 0 Å². The second-order valence-corrected chi connectivity index (χ2v) is 3.52. The molecule has 0 aliphatic heterocycles. The molecule has 0 spiro atoms. The minimum atomic E-state index is -0.597. The van der Waals surface area contributed by atoms with Crippen LogP contribution in [0.3, 0.4) is 0 Å². The van der Waals surface area contributed by atoms with E-state index in [1.807, 2.05) is 0 Å². The first-order valence-electron chi connectivity index (χ1n) is 4.80. The predicted molar refractivity (Wildman–Crippen MR) is 62.8 cm³/mol. The van der Waals surface area contributed by atoms with Crippen LogP contribution in [0.1, 0.15) is 6.42 Å². The smallest absolute Gasteiger partial charge is 0.178 e. The van der Waals surface area contributed by atoms with Crippen LogP contribution >= 0.6 is 0 Å². The maximum Gasteiger partial charge on any atom is 0.178 e. The molecule has 16 heavy (non-hydrogen) atoms. The molecule has 0 aromatic heterocycles. The Balaban J connectivity index is 3.00. The molecule has 80 valence electrons. The van der Waals surface area contributed by atoms with Crippen LogP contribution in [0.2, 0.25) is 0 Å². The summed E-state index contributed by atoms with van der Waals surface area (Å²) in [6.07, 6.45) is 9.43. The van der Waals surface area contributed by atoms with E-state index in [0.717, 1.165) is 0 Å². The molecule has 0 fully saturated rings. The first-order chi connectivity index (χ1) is 7.62. The molecule has 0 saturated heterocycles. The van der Waals surface area contributed by atoms with Crippen molar-refractivity contribution in [1.82, 2.24) is 0 Å². The highest BCUT2D eigenvalue weighted by atomic mass is 16.1. The summed E-state index contributed by atoms with van der Waals surface area (Å²) in [5.41, 5.74) is 4.49. The molecular weight excluding hydrogens is 200 g/mol.